The van der Waals surface area contributed by atoms with E-state index in [1.165, 1.54) is 83.5 Å². The Morgan fingerprint density at radius 2 is 0.870 bits per heavy atom. The maximum absolute atomic E-state index is 10.3. The van der Waals surface area contributed by atoms with Crippen molar-refractivity contribution in [3.05, 3.63) is 12.3 Å². The van der Waals surface area contributed by atoms with Gasteiger partial charge in [-0.2, -0.15) is 0 Å². The molecule has 0 radical (unpaired) electrons. The van der Waals surface area contributed by atoms with Crippen LogP contribution >= 0.6 is 0 Å². The summed E-state index contributed by atoms with van der Waals surface area (Å²) >= 11 is 0. The number of rotatable bonds is 16. The minimum absolute atomic E-state index is 0. The van der Waals surface area contributed by atoms with Crippen molar-refractivity contribution in [2.24, 2.45) is 0 Å². The third-order valence-electron chi connectivity index (χ3n) is 3.99. The van der Waals surface area contributed by atoms with Gasteiger partial charge in [-0.05, 0) is 6.42 Å². The second-order valence-electron chi connectivity index (χ2n) is 6.09. The third kappa shape index (κ3) is 30.6. The molecule has 0 aromatic heterocycles. The molecule has 0 aliphatic rings. The molecule has 0 amide bonds. The van der Waals surface area contributed by atoms with Gasteiger partial charge in [0.2, 0.25) is 0 Å². The molecule has 5 heteroatoms. The molecule has 0 unspecified atom stereocenters. The Balaban J connectivity index is -0.000000602. The number of carbonyl (C=O) groups is 1. The van der Waals surface area contributed by atoms with Gasteiger partial charge in [0, 0.05) is 6.42 Å². The van der Waals surface area contributed by atoms with Gasteiger partial charge >= 0.3 is 29.0 Å². The zero-order chi connectivity index (χ0) is 14.9. The molecule has 0 fully saturated rings. The summed E-state index contributed by atoms with van der Waals surface area (Å²) in [6, 6.07) is 0. The summed E-state index contributed by atoms with van der Waals surface area (Å²) in [5.41, 5.74) is 0. The van der Waals surface area contributed by atoms with E-state index in [4.69, 9.17) is 5.11 Å². The third-order valence-corrected chi connectivity index (χ3v) is 3.99. The van der Waals surface area contributed by atoms with E-state index in [0.717, 1.165) is 12.8 Å². The fourth-order valence-electron chi connectivity index (χ4n) is 2.65. The van der Waals surface area contributed by atoms with Gasteiger partial charge < -0.3 is 17.4 Å². The molecule has 0 heterocycles. The molecule has 0 saturated heterocycles. The van der Waals surface area contributed by atoms with Gasteiger partial charge in [0.05, 0.1) is 0 Å². The molecule has 4 nitrogen and oxygen atoms in total. The first kappa shape index (κ1) is 31.0. The molecular formula is C18H40MgN2O2. The monoisotopic (exact) mass is 340 g/mol. The Morgan fingerprint density at radius 1 is 0.609 bits per heavy atom. The van der Waals surface area contributed by atoms with E-state index < -0.39 is 5.97 Å². The maximum atomic E-state index is 10.3. The smallest absolute Gasteiger partial charge is 0.693 e. The van der Waals surface area contributed by atoms with Crippen LogP contribution < -0.4 is 0 Å². The second kappa shape index (κ2) is 27.0. The molecule has 0 saturated carbocycles. The van der Waals surface area contributed by atoms with Gasteiger partial charge in [-0.1, -0.05) is 96.8 Å². The molecule has 23 heavy (non-hydrogen) atoms. The Labute approximate surface area is 160 Å². The molecule has 0 rings (SSSR count). The Hall–Kier alpha value is 0.156. The SMILES string of the molecule is CCCCCCCCCCCCCCCCCC(=O)O.[Mg+2].[NH2-].[NH2-]. The van der Waals surface area contributed by atoms with Gasteiger partial charge in [-0.15, -0.1) is 0 Å². The van der Waals surface area contributed by atoms with E-state index in [0.29, 0.717) is 6.42 Å². The summed E-state index contributed by atoms with van der Waals surface area (Å²) in [6.07, 6.45) is 20.2. The van der Waals surface area contributed by atoms with E-state index in [2.05, 4.69) is 6.92 Å². The zero-order valence-electron chi connectivity index (χ0n) is 15.5. The predicted octanol–water partition coefficient (Wildman–Crippen LogP) is 7.39. The molecule has 0 aliphatic heterocycles. The molecule has 0 aliphatic carbocycles. The summed E-state index contributed by atoms with van der Waals surface area (Å²) in [5, 5.41) is 8.52. The summed E-state index contributed by atoms with van der Waals surface area (Å²) in [7, 11) is 0. The summed E-state index contributed by atoms with van der Waals surface area (Å²) in [5.74, 6) is -0.653. The van der Waals surface area contributed by atoms with Gasteiger partial charge in [-0.25, -0.2) is 0 Å². The fraction of sp³-hybridized carbons (Fsp3) is 0.944. The molecule has 0 spiro atoms. The summed E-state index contributed by atoms with van der Waals surface area (Å²) in [4.78, 5) is 10.3. The van der Waals surface area contributed by atoms with Crippen molar-refractivity contribution in [1.82, 2.24) is 0 Å². The van der Waals surface area contributed by atoms with Crippen LogP contribution in [-0.4, -0.2) is 34.1 Å². The van der Waals surface area contributed by atoms with Gasteiger partial charge in [0.1, 0.15) is 0 Å². The fourth-order valence-corrected chi connectivity index (χ4v) is 2.65. The largest absolute Gasteiger partial charge is 2.00 e. The molecular weight excluding hydrogens is 301 g/mol. The average Bonchev–Trinajstić information content (AvgIpc) is 2.43. The standard InChI is InChI=1S/C18H36O2.Mg.2H2N/c1-2-3-4-5-6-7-8-9-10-11-12-13-14-15-16-17-18(19)20;;;/h2-17H2,1H3,(H,19,20);;2*1H2/q;+2;2*-1. The first-order valence-corrected chi connectivity index (χ1v) is 8.99. The number of nitrogens with two attached hydrogens (primary N) is 2. The van der Waals surface area contributed by atoms with Gasteiger partial charge in [0.25, 0.3) is 0 Å². The number of carboxylic acids is 1. The second-order valence-corrected chi connectivity index (χ2v) is 6.09. The van der Waals surface area contributed by atoms with E-state index in [1.807, 2.05) is 0 Å². The molecule has 0 atom stereocenters. The molecule has 0 bridgehead atoms. The van der Waals surface area contributed by atoms with Gasteiger partial charge in [0.15, 0.2) is 0 Å². The number of aliphatic carboxylic acids is 1. The minimum Gasteiger partial charge on any atom is -0.693 e. The van der Waals surface area contributed by atoms with Crippen molar-refractivity contribution >= 4 is 29.0 Å². The summed E-state index contributed by atoms with van der Waals surface area (Å²) in [6.45, 7) is 2.27. The first-order valence-electron chi connectivity index (χ1n) is 8.99. The van der Waals surface area contributed by atoms with Crippen LogP contribution in [-0.2, 0) is 4.79 Å². The van der Waals surface area contributed by atoms with E-state index in [9.17, 15) is 4.79 Å². The molecule has 136 valence electrons. The molecule has 0 aromatic carbocycles. The minimum atomic E-state index is -0.653. The average molecular weight is 341 g/mol. The van der Waals surface area contributed by atoms with E-state index in [1.54, 1.807) is 0 Å². The number of hydrogen-bond donors (Lipinski definition) is 1. The van der Waals surface area contributed by atoms with Crippen LogP contribution in [0.25, 0.3) is 12.3 Å². The van der Waals surface area contributed by atoms with Crippen LogP contribution in [0.5, 0.6) is 0 Å². The Bertz CT molecular complexity index is 217. The Morgan fingerprint density at radius 3 is 1.13 bits per heavy atom. The molecule has 5 N–H and O–H groups in total. The van der Waals surface area contributed by atoms with Crippen molar-refractivity contribution in [3.8, 4) is 0 Å². The van der Waals surface area contributed by atoms with E-state index >= 15 is 0 Å². The predicted molar refractivity (Wildman–Crippen MR) is 104 cm³/mol. The first-order chi connectivity index (χ1) is 9.77. The zero-order valence-corrected chi connectivity index (χ0v) is 16.9. The van der Waals surface area contributed by atoms with Crippen LogP contribution in [0, 0.1) is 0 Å². The van der Waals surface area contributed by atoms with Crippen LogP contribution in [0.1, 0.15) is 110 Å². The topological polar surface area (TPSA) is 104 Å². The van der Waals surface area contributed by atoms with Crippen LogP contribution in [0.4, 0.5) is 0 Å². The van der Waals surface area contributed by atoms with Crippen molar-refractivity contribution in [1.29, 1.82) is 0 Å². The number of carboxylic acid groups (broad SMARTS) is 1. The number of hydrogen-bond acceptors (Lipinski definition) is 1. The van der Waals surface area contributed by atoms with Crippen molar-refractivity contribution in [2.45, 2.75) is 110 Å². The van der Waals surface area contributed by atoms with Crippen LogP contribution in [0.3, 0.4) is 0 Å². The van der Waals surface area contributed by atoms with Crippen molar-refractivity contribution in [2.75, 3.05) is 0 Å². The van der Waals surface area contributed by atoms with Gasteiger partial charge in [-0.3, -0.25) is 4.79 Å². The Kier molecular flexibility index (Phi) is 36.4. The maximum Gasteiger partial charge on any atom is 2.00 e. The molecule has 0 aromatic rings. The normalized spacial score (nSPS) is 9.43. The van der Waals surface area contributed by atoms with Crippen LogP contribution in [0.2, 0.25) is 0 Å². The quantitative estimate of drug-likeness (QED) is 0.233. The van der Waals surface area contributed by atoms with Crippen molar-refractivity contribution < 1.29 is 9.90 Å². The number of unbranched alkanes of at least 4 members (excludes halogenated alkanes) is 14. The van der Waals surface area contributed by atoms with Crippen LogP contribution in [0.15, 0.2) is 0 Å². The van der Waals surface area contributed by atoms with Crippen molar-refractivity contribution in [3.63, 3.8) is 0 Å². The summed E-state index contributed by atoms with van der Waals surface area (Å²) < 4.78 is 0. The van der Waals surface area contributed by atoms with E-state index in [-0.39, 0.29) is 35.4 Å².